The van der Waals surface area contributed by atoms with Crippen molar-refractivity contribution >= 4 is 5.97 Å². The van der Waals surface area contributed by atoms with Crippen molar-refractivity contribution in [2.75, 3.05) is 20.3 Å². The molecule has 5 fully saturated rings. The third-order valence-corrected chi connectivity index (χ3v) is 12.7. The maximum absolute atomic E-state index is 11.8. The molecule has 5 heterocycles. The van der Waals surface area contributed by atoms with Crippen molar-refractivity contribution < 1.29 is 53.6 Å². The predicted molar refractivity (Wildman–Crippen MR) is 168 cm³/mol. The van der Waals surface area contributed by atoms with Gasteiger partial charge in [0, 0.05) is 43.1 Å². The van der Waals surface area contributed by atoms with Gasteiger partial charge in [-0.2, -0.15) is 0 Å². The molecule has 11 heteroatoms. The summed E-state index contributed by atoms with van der Waals surface area (Å²) in [6, 6.07) is 0. The fourth-order valence-electron chi connectivity index (χ4n) is 9.71. The number of methoxy groups -OCH3 is 1. The lowest BCUT2D eigenvalue weighted by Crippen LogP contribution is -2.56. The summed E-state index contributed by atoms with van der Waals surface area (Å²) in [5.74, 6) is -4.51. The van der Waals surface area contributed by atoms with E-state index in [4.69, 9.17) is 28.4 Å². The molecule has 5 saturated heterocycles. The van der Waals surface area contributed by atoms with Crippen molar-refractivity contribution in [2.45, 2.75) is 154 Å². The Hall–Kier alpha value is -0.890. The number of carboxylic acids is 1. The van der Waals surface area contributed by atoms with Crippen molar-refractivity contribution in [1.82, 2.24) is 0 Å². The van der Waals surface area contributed by atoms with E-state index in [2.05, 4.69) is 27.7 Å². The van der Waals surface area contributed by atoms with E-state index in [1.165, 1.54) is 7.11 Å². The highest BCUT2D eigenvalue weighted by Crippen LogP contribution is 2.55. The zero-order chi connectivity index (χ0) is 34.0. The second kappa shape index (κ2) is 13.1. The first-order valence-corrected chi connectivity index (χ1v) is 17.5. The van der Waals surface area contributed by atoms with Crippen LogP contribution in [-0.2, 0) is 33.2 Å². The van der Waals surface area contributed by atoms with Crippen LogP contribution in [0.1, 0.15) is 93.9 Å². The molecule has 0 amide bonds. The van der Waals surface area contributed by atoms with Gasteiger partial charge in [-0.3, -0.25) is 4.79 Å². The van der Waals surface area contributed by atoms with Crippen molar-refractivity contribution in [3.63, 3.8) is 0 Å². The predicted octanol–water partition coefficient (Wildman–Crippen LogP) is 3.74. The Labute approximate surface area is 274 Å². The number of carboxylic acid groups (broad SMARTS) is 1. The Morgan fingerprint density at radius 2 is 1.74 bits per heavy atom. The monoisotopic (exact) mass is 656 g/mol. The van der Waals surface area contributed by atoms with Crippen LogP contribution >= 0.6 is 0 Å². The van der Waals surface area contributed by atoms with Crippen LogP contribution in [0.2, 0.25) is 0 Å². The van der Waals surface area contributed by atoms with Gasteiger partial charge in [0.1, 0.15) is 0 Å². The molecule has 0 aromatic heterocycles. The van der Waals surface area contributed by atoms with E-state index in [0.717, 1.165) is 25.7 Å². The molecule has 5 rings (SSSR count). The second-order valence-electron chi connectivity index (χ2n) is 16.4. The smallest absolute Gasteiger partial charge is 0.308 e. The fourth-order valence-corrected chi connectivity index (χ4v) is 9.71. The van der Waals surface area contributed by atoms with Gasteiger partial charge >= 0.3 is 5.97 Å². The molecule has 11 nitrogen and oxygen atoms in total. The van der Waals surface area contributed by atoms with Crippen LogP contribution in [0.5, 0.6) is 0 Å². The summed E-state index contributed by atoms with van der Waals surface area (Å²) in [5.41, 5.74) is -0.885. The summed E-state index contributed by atoms with van der Waals surface area (Å²) >= 11 is 0. The third kappa shape index (κ3) is 6.42. The van der Waals surface area contributed by atoms with Crippen LogP contribution in [0.25, 0.3) is 0 Å². The average Bonchev–Trinajstić information content (AvgIpc) is 3.69. The lowest BCUT2D eigenvalue weighted by atomic mass is 9.74. The lowest BCUT2D eigenvalue weighted by molar-refractivity contribution is -0.321. The van der Waals surface area contributed by atoms with Gasteiger partial charge < -0.3 is 48.8 Å². The average molecular weight is 657 g/mol. The van der Waals surface area contributed by atoms with Gasteiger partial charge in [-0.05, 0) is 51.4 Å². The summed E-state index contributed by atoms with van der Waals surface area (Å²) in [6.45, 7) is 16.0. The van der Waals surface area contributed by atoms with Crippen molar-refractivity contribution in [3.8, 4) is 0 Å². The van der Waals surface area contributed by atoms with E-state index < -0.39 is 54.0 Å². The Kier molecular flexibility index (Phi) is 10.4. The molecular formula is C35H60O11. The largest absolute Gasteiger partial charge is 0.481 e. The Balaban J connectivity index is 1.26. The van der Waals surface area contributed by atoms with Crippen LogP contribution in [0.3, 0.4) is 0 Å². The highest BCUT2D eigenvalue weighted by atomic mass is 16.7. The topological polar surface area (TPSA) is 153 Å². The van der Waals surface area contributed by atoms with E-state index >= 15 is 0 Å². The maximum Gasteiger partial charge on any atom is 0.308 e. The van der Waals surface area contributed by atoms with Gasteiger partial charge in [-0.15, -0.1) is 0 Å². The van der Waals surface area contributed by atoms with Gasteiger partial charge in [-0.25, -0.2) is 0 Å². The zero-order valence-electron chi connectivity index (χ0n) is 29.3. The van der Waals surface area contributed by atoms with Gasteiger partial charge in [0.25, 0.3) is 0 Å². The second-order valence-corrected chi connectivity index (χ2v) is 16.4. The number of hydrogen-bond acceptors (Lipinski definition) is 10. The van der Waals surface area contributed by atoms with E-state index in [9.17, 15) is 25.2 Å². The number of rotatable bonds is 9. The molecular weight excluding hydrogens is 596 g/mol. The number of hydrogen-bond donors (Lipinski definition) is 4. The molecule has 0 aromatic rings. The maximum atomic E-state index is 11.8. The van der Waals surface area contributed by atoms with E-state index in [1.807, 2.05) is 20.8 Å². The molecule has 4 N–H and O–H groups in total. The van der Waals surface area contributed by atoms with Crippen LogP contribution in [-0.4, -0.2) is 107 Å². The number of carbonyl (C=O) groups is 1. The minimum atomic E-state index is -1.56. The first-order chi connectivity index (χ1) is 21.4. The molecule has 0 aromatic carbocycles. The van der Waals surface area contributed by atoms with Crippen LogP contribution in [0.4, 0.5) is 0 Å². The number of ether oxygens (including phenoxy) is 6. The summed E-state index contributed by atoms with van der Waals surface area (Å²) in [7, 11) is 1.52. The van der Waals surface area contributed by atoms with Crippen LogP contribution in [0, 0.1) is 40.9 Å². The Morgan fingerprint density at radius 1 is 1.04 bits per heavy atom. The SMILES string of the molecule is COC(C(C)C(=O)O)C(C)C1OC2(CC(O)C1C)CC(C)(C1CCC(C)(C3OC(C4OC(O)(CO)C(C)CC4C)CC3C)O1)CO2. The summed E-state index contributed by atoms with van der Waals surface area (Å²) in [4.78, 5) is 11.8. The summed E-state index contributed by atoms with van der Waals surface area (Å²) in [5, 5.41) is 41.7. The third-order valence-electron chi connectivity index (χ3n) is 12.7. The molecule has 0 bridgehead atoms. The lowest BCUT2D eigenvalue weighted by Gasteiger charge is -2.48. The first-order valence-electron chi connectivity index (χ1n) is 17.5. The standard InChI is InChI=1S/C35H60O11/c1-18-12-20(3)35(40,16-36)46-27(18)25-13-19(2)30(43-25)33(8)11-10-26(44-33)32(7)15-34(42-17-32)14-24(37)21(4)29(45-34)22(5)28(41-9)23(6)31(38)39/h18-30,36-37,40H,10-17H2,1-9H3,(H,38,39). The van der Waals surface area contributed by atoms with Crippen LogP contribution < -0.4 is 0 Å². The Morgan fingerprint density at radius 3 is 2.37 bits per heavy atom. The van der Waals surface area contributed by atoms with Crippen LogP contribution in [0.15, 0.2) is 0 Å². The highest BCUT2D eigenvalue weighted by Gasteiger charge is 2.61. The van der Waals surface area contributed by atoms with E-state index in [0.29, 0.717) is 19.4 Å². The molecule has 266 valence electrons. The zero-order valence-corrected chi connectivity index (χ0v) is 29.3. The van der Waals surface area contributed by atoms with Crippen molar-refractivity contribution in [1.29, 1.82) is 0 Å². The van der Waals surface area contributed by atoms with E-state index in [-0.39, 0.29) is 59.4 Å². The first kappa shape index (κ1) is 36.4. The molecule has 17 unspecified atom stereocenters. The van der Waals surface area contributed by atoms with Gasteiger partial charge in [-0.1, -0.05) is 41.5 Å². The quantitative estimate of drug-likeness (QED) is 0.287. The molecule has 46 heavy (non-hydrogen) atoms. The van der Waals surface area contributed by atoms with Gasteiger partial charge in [0.15, 0.2) is 11.6 Å². The van der Waals surface area contributed by atoms with Crippen molar-refractivity contribution in [3.05, 3.63) is 0 Å². The summed E-state index contributed by atoms with van der Waals surface area (Å²) in [6.07, 6.45) is 1.60. The number of aliphatic hydroxyl groups excluding tert-OH is 2. The molecule has 0 radical (unpaired) electrons. The molecule has 5 aliphatic heterocycles. The number of aliphatic hydroxyl groups is 3. The fraction of sp³-hybridized carbons (Fsp3) is 0.971. The van der Waals surface area contributed by atoms with Gasteiger partial charge in [0.2, 0.25) is 0 Å². The van der Waals surface area contributed by atoms with Crippen molar-refractivity contribution in [2.24, 2.45) is 40.9 Å². The molecule has 0 saturated carbocycles. The molecule has 5 aliphatic rings. The highest BCUT2D eigenvalue weighted by molar-refractivity contribution is 5.70. The Bertz CT molecular complexity index is 1090. The molecule has 0 aliphatic carbocycles. The minimum absolute atomic E-state index is 0.105. The molecule has 1 spiro atoms. The number of aliphatic carboxylic acids is 1. The minimum Gasteiger partial charge on any atom is -0.481 e. The molecule has 17 atom stereocenters. The van der Waals surface area contributed by atoms with Gasteiger partial charge in [0.05, 0.1) is 67.5 Å². The van der Waals surface area contributed by atoms with E-state index in [1.54, 1.807) is 6.92 Å². The normalized spacial score (nSPS) is 51.7. The summed E-state index contributed by atoms with van der Waals surface area (Å²) < 4.78 is 38.7.